The van der Waals surface area contributed by atoms with Crippen molar-refractivity contribution in [2.45, 2.75) is 31.3 Å². The molecule has 0 N–H and O–H groups in total. The standard InChI is InChI=1S/C13H14O7/c1-3-6(14)17-4-7(15)18-11-9-5(2)8-10(19-9)12(11)20-13(8)16/h3,5,8-12H,1,4H2,2H3. The van der Waals surface area contributed by atoms with Crippen LogP contribution in [-0.4, -0.2) is 48.9 Å². The number of ether oxygens (including phenoxy) is 4. The summed E-state index contributed by atoms with van der Waals surface area (Å²) in [4.78, 5) is 34.2. The highest BCUT2D eigenvalue weighted by molar-refractivity contribution is 5.84. The van der Waals surface area contributed by atoms with Gasteiger partial charge in [0.05, 0.1) is 5.92 Å². The zero-order valence-electron chi connectivity index (χ0n) is 10.8. The van der Waals surface area contributed by atoms with Crippen molar-refractivity contribution < 1.29 is 33.3 Å². The van der Waals surface area contributed by atoms with Gasteiger partial charge in [-0.25, -0.2) is 9.59 Å². The van der Waals surface area contributed by atoms with Gasteiger partial charge in [0.15, 0.2) is 18.8 Å². The summed E-state index contributed by atoms with van der Waals surface area (Å²) in [7, 11) is 0. The van der Waals surface area contributed by atoms with Gasteiger partial charge in [-0.2, -0.15) is 0 Å². The maximum absolute atomic E-state index is 11.7. The second-order valence-electron chi connectivity index (χ2n) is 5.12. The van der Waals surface area contributed by atoms with E-state index in [-0.39, 0.29) is 30.0 Å². The zero-order chi connectivity index (χ0) is 14.4. The number of rotatable bonds is 4. The molecular weight excluding hydrogens is 268 g/mol. The molecule has 0 aromatic rings. The second kappa shape index (κ2) is 4.59. The predicted molar refractivity (Wildman–Crippen MR) is 62.2 cm³/mol. The predicted octanol–water partition coefficient (Wildman–Crippen LogP) is -0.414. The molecule has 0 saturated carbocycles. The summed E-state index contributed by atoms with van der Waals surface area (Å²) in [6.45, 7) is 4.59. The Hall–Kier alpha value is -1.89. The topological polar surface area (TPSA) is 88.1 Å². The van der Waals surface area contributed by atoms with Crippen LogP contribution in [0.25, 0.3) is 0 Å². The Kier molecular flexibility index (Phi) is 3.01. The van der Waals surface area contributed by atoms with E-state index in [1.54, 1.807) is 0 Å². The fourth-order valence-corrected chi connectivity index (χ4v) is 3.13. The molecule has 3 aliphatic heterocycles. The Balaban J connectivity index is 1.62. The highest BCUT2D eigenvalue weighted by atomic mass is 16.7. The second-order valence-corrected chi connectivity index (χ2v) is 5.12. The smallest absolute Gasteiger partial charge is 0.344 e. The first-order valence-corrected chi connectivity index (χ1v) is 6.37. The summed E-state index contributed by atoms with van der Waals surface area (Å²) in [6, 6.07) is 0. The maximum atomic E-state index is 11.7. The first-order chi connectivity index (χ1) is 9.52. The summed E-state index contributed by atoms with van der Waals surface area (Å²) >= 11 is 0. The Morgan fingerprint density at radius 2 is 2.10 bits per heavy atom. The fourth-order valence-electron chi connectivity index (χ4n) is 3.13. The Bertz CT molecular complexity index is 485. The van der Waals surface area contributed by atoms with Gasteiger partial charge in [0.2, 0.25) is 0 Å². The molecule has 0 aromatic carbocycles. The van der Waals surface area contributed by atoms with Gasteiger partial charge in [-0.05, 0) is 0 Å². The summed E-state index contributed by atoms with van der Waals surface area (Å²) < 4.78 is 20.7. The molecule has 7 heteroatoms. The molecule has 7 nitrogen and oxygen atoms in total. The molecule has 0 aliphatic carbocycles. The molecule has 108 valence electrons. The molecule has 20 heavy (non-hydrogen) atoms. The minimum atomic E-state index is -0.702. The molecule has 0 amide bonds. The zero-order valence-corrected chi connectivity index (χ0v) is 10.8. The van der Waals surface area contributed by atoms with Gasteiger partial charge in [0.1, 0.15) is 12.2 Å². The highest BCUT2D eigenvalue weighted by Gasteiger charge is 2.68. The lowest BCUT2D eigenvalue weighted by Gasteiger charge is -2.25. The molecule has 3 heterocycles. The lowest BCUT2D eigenvalue weighted by Crippen LogP contribution is -2.44. The number of carbonyl (C=O) groups is 3. The molecule has 0 spiro atoms. The van der Waals surface area contributed by atoms with Crippen LogP contribution in [0.4, 0.5) is 0 Å². The fraction of sp³-hybridized carbons (Fsp3) is 0.615. The van der Waals surface area contributed by atoms with E-state index in [0.29, 0.717) is 0 Å². The van der Waals surface area contributed by atoms with Gasteiger partial charge in [-0.3, -0.25) is 4.79 Å². The van der Waals surface area contributed by atoms with Crippen LogP contribution >= 0.6 is 0 Å². The van der Waals surface area contributed by atoms with Crippen molar-refractivity contribution in [2.75, 3.05) is 6.61 Å². The van der Waals surface area contributed by atoms with Crippen LogP contribution in [-0.2, 0) is 33.3 Å². The molecule has 0 radical (unpaired) electrons. The van der Waals surface area contributed by atoms with Crippen molar-refractivity contribution >= 4 is 17.9 Å². The third-order valence-corrected chi connectivity index (χ3v) is 4.02. The first kappa shape index (κ1) is 13.1. The van der Waals surface area contributed by atoms with Crippen molar-refractivity contribution in [1.82, 2.24) is 0 Å². The first-order valence-electron chi connectivity index (χ1n) is 6.37. The summed E-state index contributed by atoms with van der Waals surface area (Å²) in [6.07, 6.45) is -0.906. The average molecular weight is 282 g/mol. The summed E-state index contributed by atoms with van der Waals surface area (Å²) in [5.41, 5.74) is 0. The van der Waals surface area contributed by atoms with Gasteiger partial charge >= 0.3 is 17.9 Å². The molecule has 3 saturated heterocycles. The van der Waals surface area contributed by atoms with E-state index in [0.717, 1.165) is 6.08 Å². The molecule has 3 aliphatic rings. The molecule has 3 fully saturated rings. The van der Waals surface area contributed by atoms with Crippen LogP contribution < -0.4 is 0 Å². The van der Waals surface area contributed by atoms with Crippen LogP contribution in [0, 0.1) is 11.8 Å². The molecule has 0 aromatic heterocycles. The molecule has 6 unspecified atom stereocenters. The number of fused-ring (bicyclic) bond motifs is 1. The largest absolute Gasteiger partial charge is 0.455 e. The van der Waals surface area contributed by atoms with Crippen molar-refractivity contribution in [2.24, 2.45) is 11.8 Å². The van der Waals surface area contributed by atoms with E-state index in [1.807, 2.05) is 6.92 Å². The molecule has 6 atom stereocenters. The van der Waals surface area contributed by atoms with Crippen LogP contribution in [0.2, 0.25) is 0 Å². The SMILES string of the molecule is C=CC(=O)OCC(=O)OC1C2OC3C1OC(=O)C3C2C. The van der Waals surface area contributed by atoms with Gasteiger partial charge < -0.3 is 18.9 Å². The molecule has 2 bridgehead atoms. The monoisotopic (exact) mass is 282 g/mol. The van der Waals surface area contributed by atoms with Crippen LogP contribution in [0.15, 0.2) is 12.7 Å². The van der Waals surface area contributed by atoms with E-state index in [9.17, 15) is 14.4 Å². The van der Waals surface area contributed by atoms with Crippen LogP contribution in [0.5, 0.6) is 0 Å². The minimum Gasteiger partial charge on any atom is -0.455 e. The lowest BCUT2D eigenvalue weighted by atomic mass is 9.80. The minimum absolute atomic E-state index is 0.0558. The van der Waals surface area contributed by atoms with E-state index >= 15 is 0 Å². The third-order valence-electron chi connectivity index (χ3n) is 4.02. The van der Waals surface area contributed by atoms with Gasteiger partial charge in [-0.15, -0.1) is 0 Å². The van der Waals surface area contributed by atoms with Crippen LogP contribution in [0.1, 0.15) is 6.92 Å². The lowest BCUT2D eigenvalue weighted by molar-refractivity contribution is -0.167. The Morgan fingerprint density at radius 1 is 1.35 bits per heavy atom. The van der Waals surface area contributed by atoms with Crippen molar-refractivity contribution in [1.29, 1.82) is 0 Å². The number of carbonyl (C=O) groups excluding carboxylic acids is 3. The summed E-state index contributed by atoms with van der Waals surface area (Å²) in [5.74, 6) is -2.02. The van der Waals surface area contributed by atoms with E-state index in [2.05, 4.69) is 11.3 Å². The van der Waals surface area contributed by atoms with Crippen molar-refractivity contribution in [3.8, 4) is 0 Å². The third kappa shape index (κ3) is 1.81. The van der Waals surface area contributed by atoms with E-state index < -0.39 is 30.8 Å². The van der Waals surface area contributed by atoms with E-state index in [4.69, 9.17) is 14.2 Å². The number of esters is 3. The number of hydrogen-bond acceptors (Lipinski definition) is 7. The normalized spacial score (nSPS) is 40.4. The van der Waals surface area contributed by atoms with Crippen molar-refractivity contribution in [3.05, 3.63) is 12.7 Å². The Morgan fingerprint density at radius 3 is 2.80 bits per heavy atom. The van der Waals surface area contributed by atoms with Crippen molar-refractivity contribution in [3.63, 3.8) is 0 Å². The van der Waals surface area contributed by atoms with Gasteiger partial charge in [0, 0.05) is 12.0 Å². The molecular formula is C13H14O7. The average Bonchev–Trinajstić information content (AvgIpc) is 3.00. The van der Waals surface area contributed by atoms with Gasteiger partial charge in [-0.1, -0.05) is 13.5 Å². The van der Waals surface area contributed by atoms with Gasteiger partial charge in [0.25, 0.3) is 0 Å². The maximum Gasteiger partial charge on any atom is 0.344 e. The van der Waals surface area contributed by atoms with E-state index in [1.165, 1.54) is 0 Å². The highest BCUT2D eigenvalue weighted by Crippen LogP contribution is 2.50. The summed E-state index contributed by atoms with van der Waals surface area (Å²) in [5, 5.41) is 0. The Labute approximate surface area is 114 Å². The molecule has 3 rings (SSSR count). The van der Waals surface area contributed by atoms with Crippen LogP contribution in [0.3, 0.4) is 0 Å². The number of hydrogen-bond donors (Lipinski definition) is 0. The quantitative estimate of drug-likeness (QED) is 0.393.